The van der Waals surface area contributed by atoms with E-state index in [-0.39, 0.29) is 0 Å². The fraction of sp³-hybridized carbons (Fsp3) is 0. The van der Waals surface area contributed by atoms with Gasteiger partial charge in [0, 0.05) is 39.0 Å². The van der Waals surface area contributed by atoms with Crippen molar-refractivity contribution in [3.8, 4) is 0 Å². The van der Waals surface area contributed by atoms with Gasteiger partial charge in [-0.25, -0.2) is 4.98 Å². The van der Waals surface area contributed by atoms with Gasteiger partial charge in [0.15, 0.2) is 0 Å². The Kier molecular flexibility index (Phi) is 5.34. The monoisotopic (exact) mass is 585 g/mol. The molecule has 0 bridgehead atoms. The molecule has 0 fully saturated rings. The molecule has 0 N–H and O–H groups in total. The zero-order chi connectivity index (χ0) is 28.5. The quantitative estimate of drug-likeness (QED) is 0.155. The highest BCUT2D eigenvalue weighted by Crippen LogP contribution is 2.46. The summed E-state index contributed by atoms with van der Waals surface area (Å²) in [4.78, 5) is 10.3. The van der Waals surface area contributed by atoms with E-state index in [9.17, 15) is 0 Å². The fourth-order valence-corrected chi connectivity index (χ4v) is 10.4. The summed E-state index contributed by atoms with van der Waals surface area (Å²) in [5.41, 5.74) is 5.08. The van der Waals surface area contributed by atoms with Gasteiger partial charge in [0.2, 0.25) is 0 Å². The first-order chi connectivity index (χ1) is 21.2. The van der Waals surface area contributed by atoms with Crippen LogP contribution in [-0.2, 0) is 11.8 Å². The Labute approximate surface area is 253 Å². The number of fused-ring (bicyclic) bond motifs is 10. The lowest BCUT2D eigenvalue weighted by atomic mass is 10.1. The van der Waals surface area contributed by atoms with Gasteiger partial charge < -0.3 is 0 Å². The van der Waals surface area contributed by atoms with Crippen LogP contribution in [0.25, 0.3) is 60.0 Å². The van der Waals surface area contributed by atoms with Crippen LogP contribution < -0.4 is 15.9 Å². The van der Waals surface area contributed by atoms with Crippen LogP contribution in [0, 0.1) is 0 Å². The second kappa shape index (κ2) is 9.31. The Morgan fingerprint density at radius 1 is 0.535 bits per heavy atom. The van der Waals surface area contributed by atoms with Gasteiger partial charge in [0.25, 0.3) is 0 Å². The minimum Gasteiger partial charge on any atom is -0.292 e. The maximum Gasteiger partial charge on any atom is 0.146 e. The number of hydrogen-bond acceptors (Lipinski definition) is 3. The molecule has 0 radical (unpaired) electrons. The molecule has 0 aliphatic carbocycles. The maximum absolute atomic E-state index is 6.97. The highest BCUT2D eigenvalue weighted by atomic mass is 32.4. The molecule has 6 aromatic carbocycles. The molecular weight excluding hydrogens is 561 g/mol. The van der Waals surface area contributed by atoms with Gasteiger partial charge in [-0.1, -0.05) is 121 Å². The summed E-state index contributed by atoms with van der Waals surface area (Å²) in [6.45, 7) is 0. The van der Waals surface area contributed by atoms with Crippen LogP contribution in [0.5, 0.6) is 0 Å². The first kappa shape index (κ1) is 24.7. The third kappa shape index (κ3) is 3.58. The molecule has 5 heteroatoms. The van der Waals surface area contributed by atoms with Crippen LogP contribution in [0.2, 0.25) is 0 Å². The third-order valence-electron chi connectivity index (χ3n) is 8.64. The number of para-hydroxylation sites is 3. The van der Waals surface area contributed by atoms with Crippen molar-refractivity contribution < 1.29 is 0 Å². The molecule has 0 amide bonds. The van der Waals surface area contributed by atoms with E-state index in [2.05, 4.69) is 138 Å². The average molecular weight is 586 g/mol. The molecule has 3 aromatic heterocycles. The summed E-state index contributed by atoms with van der Waals surface area (Å²) in [5.74, 6) is 0. The Bertz CT molecular complexity index is 2540. The van der Waals surface area contributed by atoms with Crippen molar-refractivity contribution >= 4 is 93.8 Å². The van der Waals surface area contributed by atoms with E-state index in [4.69, 9.17) is 21.8 Å². The Hall–Kier alpha value is -4.89. The number of rotatable bonds is 3. The highest BCUT2D eigenvalue weighted by Gasteiger charge is 2.30. The molecule has 0 spiro atoms. The van der Waals surface area contributed by atoms with Crippen LogP contribution in [0.15, 0.2) is 146 Å². The van der Waals surface area contributed by atoms with E-state index in [1.54, 1.807) is 0 Å². The zero-order valence-corrected chi connectivity index (χ0v) is 24.8. The fourth-order valence-electron chi connectivity index (χ4n) is 6.60. The number of benzene rings is 6. The highest BCUT2D eigenvalue weighted by molar-refractivity contribution is 8.25. The van der Waals surface area contributed by atoms with Crippen molar-refractivity contribution in [2.75, 3.05) is 0 Å². The third-order valence-corrected chi connectivity index (χ3v) is 13.5. The minimum absolute atomic E-state index is 0.952. The first-order valence-corrected chi connectivity index (χ1v) is 17.2. The molecule has 1 unspecified atom stereocenters. The van der Waals surface area contributed by atoms with Gasteiger partial charge in [-0.15, -0.1) is 0 Å². The average Bonchev–Trinajstić information content (AvgIpc) is 3.48. The predicted octanol–water partition coefficient (Wildman–Crippen LogP) is 8.25. The van der Waals surface area contributed by atoms with Crippen molar-refractivity contribution in [1.29, 1.82) is 0 Å². The lowest BCUT2D eigenvalue weighted by molar-refractivity contribution is 1.31. The van der Waals surface area contributed by atoms with E-state index >= 15 is 0 Å². The summed E-state index contributed by atoms with van der Waals surface area (Å²) in [7, 11) is 0. The van der Waals surface area contributed by atoms with Crippen LogP contribution in [0.4, 0.5) is 0 Å². The van der Waals surface area contributed by atoms with Crippen molar-refractivity contribution in [3.63, 3.8) is 0 Å². The van der Waals surface area contributed by atoms with E-state index in [0.717, 1.165) is 54.4 Å². The lowest BCUT2D eigenvalue weighted by Gasteiger charge is -2.25. The number of pyridine rings is 2. The molecule has 202 valence electrons. The summed E-state index contributed by atoms with van der Waals surface area (Å²) >= 11 is 6.97. The van der Waals surface area contributed by atoms with Crippen LogP contribution >= 0.6 is 6.04 Å². The van der Waals surface area contributed by atoms with Crippen molar-refractivity contribution in [1.82, 2.24) is 14.4 Å². The second-order valence-corrected chi connectivity index (χ2v) is 15.4. The molecule has 43 heavy (non-hydrogen) atoms. The molecule has 0 aliphatic heterocycles. The van der Waals surface area contributed by atoms with Crippen molar-refractivity contribution in [3.05, 3.63) is 146 Å². The standard InChI is InChI=1S/C38H24N3PS/c43-42(28-21-20-25-10-1-2-11-26(25)22-28,29-23-27-12-3-7-16-33(27)39-24-29)36-19-9-18-35-37(36)40-38-32-15-5-4-13-30(32)31-14-6-8-17-34(31)41(35)38/h1-24H. The van der Waals surface area contributed by atoms with Gasteiger partial charge in [-0.05, 0) is 51.8 Å². The number of imidazole rings is 1. The van der Waals surface area contributed by atoms with Gasteiger partial charge in [-0.3, -0.25) is 9.38 Å². The van der Waals surface area contributed by atoms with Gasteiger partial charge >= 0.3 is 0 Å². The largest absolute Gasteiger partial charge is 0.292 e. The molecule has 3 nitrogen and oxygen atoms in total. The molecule has 3 heterocycles. The van der Waals surface area contributed by atoms with Crippen molar-refractivity contribution in [2.45, 2.75) is 0 Å². The van der Waals surface area contributed by atoms with Crippen LogP contribution in [-0.4, -0.2) is 14.4 Å². The SMILES string of the molecule is S=P(c1ccc2ccccc2c1)(c1cnc2ccccc2c1)c1cccc2c1nc1c3ccccc3c3ccccc3n21. The second-order valence-electron chi connectivity index (χ2n) is 11.0. The molecular formula is C38H24N3PS. The normalized spacial score (nSPS) is 13.4. The number of hydrogen-bond donors (Lipinski definition) is 0. The molecule has 0 aliphatic rings. The van der Waals surface area contributed by atoms with E-state index in [0.29, 0.717) is 0 Å². The summed E-state index contributed by atoms with van der Waals surface area (Å²) in [5, 5.41) is 10.3. The minimum atomic E-state index is -2.61. The molecule has 0 saturated heterocycles. The molecule has 9 aromatic rings. The maximum atomic E-state index is 6.97. The Morgan fingerprint density at radius 3 is 2.09 bits per heavy atom. The van der Waals surface area contributed by atoms with Gasteiger partial charge in [0.05, 0.1) is 22.1 Å². The van der Waals surface area contributed by atoms with Crippen LogP contribution in [0.1, 0.15) is 0 Å². The predicted molar refractivity (Wildman–Crippen MR) is 187 cm³/mol. The Morgan fingerprint density at radius 2 is 1.21 bits per heavy atom. The molecule has 1 atom stereocenters. The first-order valence-electron chi connectivity index (χ1n) is 14.4. The smallest absolute Gasteiger partial charge is 0.146 e. The van der Waals surface area contributed by atoms with Gasteiger partial charge in [0.1, 0.15) is 5.65 Å². The number of nitrogens with zero attached hydrogens (tertiary/aromatic N) is 3. The van der Waals surface area contributed by atoms with Crippen molar-refractivity contribution in [2.24, 2.45) is 0 Å². The zero-order valence-electron chi connectivity index (χ0n) is 23.1. The summed E-state index contributed by atoms with van der Waals surface area (Å²) in [6.07, 6.45) is 2.00. The molecule has 0 saturated carbocycles. The Balaban J connectivity index is 1.43. The number of aromatic nitrogens is 3. The van der Waals surface area contributed by atoms with E-state index in [1.165, 1.54) is 21.5 Å². The van der Waals surface area contributed by atoms with E-state index in [1.807, 2.05) is 12.3 Å². The lowest BCUT2D eigenvalue weighted by Crippen LogP contribution is -2.26. The topological polar surface area (TPSA) is 30.2 Å². The summed E-state index contributed by atoms with van der Waals surface area (Å²) < 4.78 is 2.31. The van der Waals surface area contributed by atoms with Gasteiger partial charge in [-0.2, -0.15) is 0 Å². The summed E-state index contributed by atoms with van der Waals surface area (Å²) in [6, 6.07) is 46.8. The van der Waals surface area contributed by atoms with Crippen LogP contribution in [0.3, 0.4) is 0 Å². The van der Waals surface area contributed by atoms with E-state index < -0.39 is 6.04 Å². The molecule has 9 rings (SSSR count).